The summed E-state index contributed by atoms with van der Waals surface area (Å²) in [5.41, 5.74) is 2.02. The normalized spacial score (nSPS) is 11.5. The van der Waals surface area contributed by atoms with E-state index in [-0.39, 0.29) is 20.9 Å². The fourth-order valence-corrected chi connectivity index (χ4v) is 7.65. The van der Waals surface area contributed by atoms with Crippen molar-refractivity contribution in [2.45, 2.75) is 9.79 Å². The molecular formula is C38H32N4O6S2. The third kappa shape index (κ3) is 6.93. The maximum Gasteiger partial charge on any atom is 0.264 e. The average molecular weight is 705 g/mol. The number of amides is 2. The van der Waals surface area contributed by atoms with Crippen molar-refractivity contribution in [1.82, 2.24) is 0 Å². The molecule has 0 spiro atoms. The van der Waals surface area contributed by atoms with E-state index in [1.165, 1.54) is 71.2 Å². The molecule has 0 aliphatic rings. The minimum atomic E-state index is -3.87. The number of hydrogen-bond donors (Lipinski definition) is 2. The van der Waals surface area contributed by atoms with E-state index in [0.717, 1.165) is 10.8 Å². The highest BCUT2D eigenvalue weighted by Crippen LogP contribution is 2.30. The Labute approximate surface area is 290 Å². The van der Waals surface area contributed by atoms with Crippen molar-refractivity contribution < 1.29 is 26.4 Å². The van der Waals surface area contributed by atoms with E-state index in [1.807, 2.05) is 24.3 Å². The minimum absolute atomic E-state index is 0.0181. The second-order valence-corrected chi connectivity index (χ2v) is 15.3. The van der Waals surface area contributed by atoms with Crippen molar-refractivity contribution in [2.24, 2.45) is 0 Å². The van der Waals surface area contributed by atoms with Gasteiger partial charge in [-0.25, -0.2) is 16.8 Å². The van der Waals surface area contributed by atoms with Gasteiger partial charge < -0.3 is 10.6 Å². The van der Waals surface area contributed by atoms with E-state index in [4.69, 9.17) is 0 Å². The molecule has 0 aliphatic heterocycles. The standard InChI is InChI=1S/C38H32N4O6S2/c1-41(31-13-5-3-6-14-31)49(45,46)33-21-17-27(18-22-33)37(43)39-35-25-29-11-9-10-12-30(29)26-36(35)40-38(44)28-19-23-34(24-20-28)50(47,48)42(2)32-15-7-4-8-16-32/h3-26H,1-2H3,(H,39,43)(H,40,44). The number of para-hydroxylation sites is 2. The number of benzene rings is 6. The summed E-state index contributed by atoms with van der Waals surface area (Å²) < 4.78 is 55.1. The molecule has 2 N–H and O–H groups in total. The number of rotatable bonds is 10. The van der Waals surface area contributed by atoms with Gasteiger partial charge in [-0.3, -0.25) is 18.2 Å². The zero-order chi connectivity index (χ0) is 35.5. The second-order valence-electron chi connectivity index (χ2n) is 11.3. The van der Waals surface area contributed by atoms with Crippen LogP contribution in [-0.4, -0.2) is 42.7 Å². The zero-order valence-electron chi connectivity index (χ0n) is 27.0. The highest BCUT2D eigenvalue weighted by atomic mass is 32.2. The SMILES string of the molecule is CN(c1ccccc1)S(=O)(=O)c1ccc(C(=O)Nc2cc3ccccc3cc2NC(=O)c2ccc(S(=O)(=O)N(C)c3ccccc3)cc2)cc1. The Morgan fingerprint density at radius 1 is 0.460 bits per heavy atom. The summed E-state index contributed by atoms with van der Waals surface area (Å²) in [6.45, 7) is 0. The highest BCUT2D eigenvalue weighted by Gasteiger charge is 2.23. The first-order chi connectivity index (χ1) is 23.9. The number of carbonyl (C=O) groups excluding carboxylic acids is 2. The van der Waals surface area contributed by atoms with Gasteiger partial charge in [-0.2, -0.15) is 0 Å². The molecule has 252 valence electrons. The summed E-state index contributed by atoms with van der Waals surface area (Å²) in [4.78, 5) is 26.9. The lowest BCUT2D eigenvalue weighted by Gasteiger charge is -2.19. The number of nitrogens with zero attached hydrogens (tertiary/aromatic N) is 2. The van der Waals surface area contributed by atoms with Gasteiger partial charge in [0.05, 0.1) is 32.5 Å². The van der Waals surface area contributed by atoms with Crippen molar-refractivity contribution in [3.63, 3.8) is 0 Å². The smallest absolute Gasteiger partial charge is 0.264 e. The number of anilines is 4. The molecule has 0 bridgehead atoms. The fraction of sp³-hybridized carbons (Fsp3) is 0.0526. The van der Waals surface area contributed by atoms with Crippen LogP contribution in [0.15, 0.2) is 155 Å². The minimum Gasteiger partial charge on any atom is -0.320 e. The summed E-state index contributed by atoms with van der Waals surface area (Å²) in [7, 11) is -4.83. The number of fused-ring (bicyclic) bond motifs is 1. The van der Waals surface area contributed by atoms with Crippen LogP contribution in [0.3, 0.4) is 0 Å². The number of sulfonamides is 2. The number of nitrogens with one attached hydrogen (secondary N) is 2. The molecule has 0 aliphatic carbocycles. The maximum absolute atomic E-state index is 13.4. The molecule has 0 unspecified atom stereocenters. The molecule has 6 aromatic rings. The van der Waals surface area contributed by atoms with E-state index in [0.29, 0.717) is 22.7 Å². The molecule has 0 heterocycles. The lowest BCUT2D eigenvalue weighted by Crippen LogP contribution is -2.26. The van der Waals surface area contributed by atoms with Crippen LogP contribution >= 0.6 is 0 Å². The number of hydrogen-bond acceptors (Lipinski definition) is 6. The third-order valence-electron chi connectivity index (χ3n) is 8.17. The Balaban J connectivity index is 1.22. The molecule has 0 atom stereocenters. The van der Waals surface area contributed by atoms with Gasteiger partial charge in [0.2, 0.25) is 0 Å². The Hall–Kier alpha value is -5.98. The Morgan fingerprint density at radius 2 is 0.780 bits per heavy atom. The molecule has 0 fully saturated rings. The van der Waals surface area contributed by atoms with Gasteiger partial charge in [-0.05, 0) is 95.7 Å². The number of carbonyl (C=O) groups is 2. The van der Waals surface area contributed by atoms with Crippen LogP contribution in [0.1, 0.15) is 20.7 Å². The van der Waals surface area contributed by atoms with Gasteiger partial charge in [0.1, 0.15) is 0 Å². The van der Waals surface area contributed by atoms with Gasteiger partial charge in [-0.15, -0.1) is 0 Å². The second kappa shape index (κ2) is 13.9. The first-order valence-corrected chi connectivity index (χ1v) is 18.3. The Morgan fingerprint density at radius 3 is 1.12 bits per heavy atom. The summed E-state index contributed by atoms with van der Waals surface area (Å²) in [5.74, 6) is -1.04. The average Bonchev–Trinajstić information content (AvgIpc) is 3.15. The topological polar surface area (TPSA) is 133 Å². The van der Waals surface area contributed by atoms with E-state index >= 15 is 0 Å². The van der Waals surface area contributed by atoms with Crippen LogP contribution in [0.25, 0.3) is 10.8 Å². The fourth-order valence-electron chi connectivity index (χ4n) is 5.26. The van der Waals surface area contributed by atoms with Crippen molar-refractivity contribution in [2.75, 3.05) is 33.3 Å². The van der Waals surface area contributed by atoms with Gasteiger partial charge in [-0.1, -0.05) is 60.7 Å². The summed E-state index contributed by atoms with van der Waals surface area (Å²) >= 11 is 0. The van der Waals surface area contributed by atoms with E-state index < -0.39 is 31.9 Å². The van der Waals surface area contributed by atoms with Crippen molar-refractivity contribution >= 4 is 65.4 Å². The van der Waals surface area contributed by atoms with Gasteiger partial charge in [0.25, 0.3) is 31.9 Å². The first-order valence-electron chi connectivity index (χ1n) is 15.4. The van der Waals surface area contributed by atoms with Crippen LogP contribution in [0.5, 0.6) is 0 Å². The highest BCUT2D eigenvalue weighted by molar-refractivity contribution is 7.93. The zero-order valence-corrected chi connectivity index (χ0v) is 28.6. The maximum atomic E-state index is 13.4. The van der Waals surface area contributed by atoms with E-state index in [9.17, 15) is 26.4 Å². The van der Waals surface area contributed by atoms with Crippen molar-refractivity contribution in [3.8, 4) is 0 Å². The molecule has 6 aromatic carbocycles. The van der Waals surface area contributed by atoms with Gasteiger partial charge in [0.15, 0.2) is 0 Å². The molecular weight excluding hydrogens is 673 g/mol. The Kier molecular flexibility index (Phi) is 9.40. The molecule has 0 saturated carbocycles. The molecule has 50 heavy (non-hydrogen) atoms. The molecule has 12 heteroatoms. The lowest BCUT2D eigenvalue weighted by molar-refractivity contribution is 0.101. The van der Waals surface area contributed by atoms with Crippen molar-refractivity contribution in [3.05, 3.63) is 157 Å². The summed E-state index contributed by atoms with van der Waals surface area (Å²) in [5, 5.41) is 7.30. The first kappa shape index (κ1) is 33.9. The molecule has 0 saturated heterocycles. The molecule has 10 nitrogen and oxygen atoms in total. The quantitative estimate of drug-likeness (QED) is 0.158. The van der Waals surface area contributed by atoms with Gasteiger partial charge >= 0.3 is 0 Å². The summed E-state index contributed by atoms with van der Waals surface area (Å²) in [6.07, 6.45) is 0. The predicted octanol–water partition coefficient (Wildman–Crippen LogP) is 6.99. The van der Waals surface area contributed by atoms with E-state index in [1.54, 1.807) is 72.8 Å². The molecule has 2 amide bonds. The largest absolute Gasteiger partial charge is 0.320 e. The van der Waals surface area contributed by atoms with Crippen LogP contribution in [0.2, 0.25) is 0 Å². The van der Waals surface area contributed by atoms with Crippen LogP contribution in [-0.2, 0) is 20.0 Å². The molecule has 0 radical (unpaired) electrons. The van der Waals surface area contributed by atoms with Crippen molar-refractivity contribution in [1.29, 1.82) is 0 Å². The third-order valence-corrected chi connectivity index (χ3v) is 11.8. The molecule has 6 rings (SSSR count). The Bertz CT molecular complexity index is 2230. The summed E-state index contributed by atoms with van der Waals surface area (Å²) in [6, 6.07) is 39.4. The lowest BCUT2D eigenvalue weighted by atomic mass is 10.1. The van der Waals surface area contributed by atoms with Crippen LogP contribution < -0.4 is 19.2 Å². The van der Waals surface area contributed by atoms with Gasteiger partial charge in [0, 0.05) is 25.2 Å². The van der Waals surface area contributed by atoms with E-state index in [2.05, 4.69) is 10.6 Å². The van der Waals surface area contributed by atoms with Crippen LogP contribution in [0.4, 0.5) is 22.7 Å². The predicted molar refractivity (Wildman–Crippen MR) is 197 cm³/mol. The monoisotopic (exact) mass is 704 g/mol. The van der Waals surface area contributed by atoms with Crippen LogP contribution in [0, 0.1) is 0 Å². The molecule has 0 aromatic heterocycles.